The van der Waals surface area contributed by atoms with Crippen LogP contribution in [0.15, 0.2) is 52.3 Å². The second kappa shape index (κ2) is 4.25. The molecule has 2 heterocycles. The van der Waals surface area contributed by atoms with Gasteiger partial charge in [0.2, 0.25) is 0 Å². The smallest absolute Gasteiger partial charge is 0.324 e. The Morgan fingerprint density at radius 1 is 1.22 bits per heavy atom. The van der Waals surface area contributed by atoms with E-state index in [4.69, 9.17) is 10.2 Å². The predicted molar refractivity (Wildman–Crippen MR) is 66.4 cm³/mol. The number of aliphatic imine (C=N–C) groups is 1. The lowest BCUT2D eigenvalue weighted by molar-refractivity contribution is 0.613. The van der Waals surface area contributed by atoms with Gasteiger partial charge in [-0.1, -0.05) is 12.1 Å². The summed E-state index contributed by atoms with van der Waals surface area (Å²) in [6.07, 6.45) is 4.64. The fraction of sp³-hybridized carbons (Fsp3) is 0. The molecule has 0 saturated heterocycles. The van der Waals surface area contributed by atoms with Crippen LogP contribution in [-0.4, -0.2) is 20.8 Å². The van der Waals surface area contributed by atoms with E-state index in [1.54, 1.807) is 12.4 Å². The van der Waals surface area contributed by atoms with Crippen molar-refractivity contribution in [2.45, 2.75) is 0 Å². The van der Waals surface area contributed by atoms with Crippen molar-refractivity contribution < 1.29 is 4.42 Å². The van der Waals surface area contributed by atoms with Gasteiger partial charge in [-0.3, -0.25) is 4.98 Å². The number of amidine groups is 1. The molecule has 0 aliphatic carbocycles. The Labute approximate surface area is 102 Å². The standard InChI is InChI=1S/C12H9N5O/c13-11(9-7-14-5-6-15-9)17-12-16-8-3-1-2-4-10(8)18-12/h1-7H,(H2,13,16,17). The number of hydrogen-bond donors (Lipinski definition) is 1. The van der Waals surface area contributed by atoms with Gasteiger partial charge in [0.25, 0.3) is 0 Å². The van der Waals surface area contributed by atoms with Crippen LogP contribution in [0.3, 0.4) is 0 Å². The van der Waals surface area contributed by atoms with Crippen LogP contribution < -0.4 is 5.73 Å². The summed E-state index contributed by atoms with van der Waals surface area (Å²) in [7, 11) is 0. The van der Waals surface area contributed by atoms with Crippen molar-refractivity contribution in [2.75, 3.05) is 0 Å². The van der Waals surface area contributed by atoms with Crippen molar-refractivity contribution in [1.82, 2.24) is 15.0 Å². The van der Waals surface area contributed by atoms with Crippen LogP contribution in [0, 0.1) is 0 Å². The number of fused-ring (bicyclic) bond motifs is 1. The van der Waals surface area contributed by atoms with E-state index in [9.17, 15) is 0 Å². The first-order valence-corrected chi connectivity index (χ1v) is 5.29. The van der Waals surface area contributed by atoms with Crippen molar-refractivity contribution in [3.8, 4) is 0 Å². The lowest BCUT2D eigenvalue weighted by atomic mass is 10.3. The van der Waals surface area contributed by atoms with E-state index in [2.05, 4.69) is 19.9 Å². The number of rotatable bonds is 2. The Bertz CT molecular complexity index is 672. The zero-order valence-corrected chi connectivity index (χ0v) is 9.32. The molecule has 1 aromatic carbocycles. The summed E-state index contributed by atoms with van der Waals surface area (Å²) >= 11 is 0. The molecular formula is C12H9N5O. The second-order valence-electron chi connectivity index (χ2n) is 3.55. The zero-order chi connectivity index (χ0) is 12.4. The minimum Gasteiger partial charge on any atom is -0.422 e. The molecule has 0 spiro atoms. The lowest BCUT2D eigenvalue weighted by Gasteiger charge is -1.95. The summed E-state index contributed by atoms with van der Waals surface area (Å²) in [5.74, 6) is 0.217. The number of nitrogens with two attached hydrogens (primary N) is 1. The molecule has 2 N–H and O–H groups in total. The molecule has 0 unspecified atom stereocenters. The molecule has 0 aliphatic heterocycles. The summed E-state index contributed by atoms with van der Waals surface area (Å²) in [6.45, 7) is 0. The maximum atomic E-state index is 5.80. The molecule has 0 bridgehead atoms. The fourth-order valence-electron chi connectivity index (χ4n) is 1.50. The van der Waals surface area contributed by atoms with Crippen LogP contribution >= 0.6 is 0 Å². The number of hydrogen-bond acceptors (Lipinski definition) is 5. The van der Waals surface area contributed by atoms with E-state index in [-0.39, 0.29) is 11.9 Å². The molecular weight excluding hydrogens is 230 g/mol. The predicted octanol–water partition coefficient (Wildman–Crippen LogP) is 1.65. The van der Waals surface area contributed by atoms with E-state index in [1.165, 1.54) is 6.20 Å². The average Bonchev–Trinajstić information content (AvgIpc) is 2.82. The highest BCUT2D eigenvalue weighted by molar-refractivity contribution is 5.96. The van der Waals surface area contributed by atoms with Gasteiger partial charge in [-0.15, -0.1) is 0 Å². The largest absolute Gasteiger partial charge is 0.422 e. The quantitative estimate of drug-likeness (QED) is 0.542. The fourth-order valence-corrected chi connectivity index (χ4v) is 1.50. The van der Waals surface area contributed by atoms with Gasteiger partial charge in [0.05, 0.1) is 6.20 Å². The Morgan fingerprint density at radius 2 is 2.11 bits per heavy atom. The van der Waals surface area contributed by atoms with Gasteiger partial charge < -0.3 is 10.2 Å². The molecule has 0 fully saturated rings. The van der Waals surface area contributed by atoms with Gasteiger partial charge in [0.15, 0.2) is 11.4 Å². The monoisotopic (exact) mass is 239 g/mol. The minimum atomic E-state index is 0.208. The Balaban J connectivity index is 2.00. The van der Waals surface area contributed by atoms with E-state index in [0.29, 0.717) is 11.3 Å². The maximum absolute atomic E-state index is 5.80. The molecule has 3 aromatic rings. The number of nitrogens with zero attached hydrogens (tertiary/aromatic N) is 4. The van der Waals surface area contributed by atoms with Crippen LogP contribution in [-0.2, 0) is 0 Å². The minimum absolute atomic E-state index is 0.208. The highest BCUT2D eigenvalue weighted by atomic mass is 16.4. The van der Waals surface area contributed by atoms with Crippen LogP contribution in [0.1, 0.15) is 5.69 Å². The summed E-state index contributed by atoms with van der Waals surface area (Å²) in [5, 5.41) is 0. The van der Waals surface area contributed by atoms with Crippen molar-refractivity contribution in [3.63, 3.8) is 0 Å². The maximum Gasteiger partial charge on any atom is 0.324 e. The van der Waals surface area contributed by atoms with Gasteiger partial charge in [0.1, 0.15) is 11.2 Å². The first kappa shape index (κ1) is 10.4. The molecule has 88 valence electrons. The first-order chi connectivity index (χ1) is 8.83. The molecule has 0 aliphatic rings. The number of oxazole rings is 1. The van der Waals surface area contributed by atoms with E-state index in [1.807, 2.05) is 24.3 Å². The van der Waals surface area contributed by atoms with Gasteiger partial charge >= 0.3 is 6.01 Å². The molecule has 6 heteroatoms. The average molecular weight is 239 g/mol. The summed E-state index contributed by atoms with van der Waals surface area (Å²) in [4.78, 5) is 16.2. The third-order valence-electron chi connectivity index (χ3n) is 2.32. The normalized spacial score (nSPS) is 11.9. The summed E-state index contributed by atoms with van der Waals surface area (Å²) < 4.78 is 5.43. The number of benzene rings is 1. The van der Waals surface area contributed by atoms with Gasteiger partial charge in [0, 0.05) is 12.4 Å². The second-order valence-corrected chi connectivity index (χ2v) is 3.55. The van der Waals surface area contributed by atoms with E-state index in [0.717, 1.165) is 5.52 Å². The van der Waals surface area contributed by atoms with Crippen LogP contribution in [0.4, 0.5) is 6.01 Å². The molecule has 2 aromatic heterocycles. The van der Waals surface area contributed by atoms with Crippen molar-refractivity contribution in [3.05, 3.63) is 48.5 Å². The van der Waals surface area contributed by atoms with Crippen molar-refractivity contribution in [1.29, 1.82) is 0 Å². The Hall–Kier alpha value is -2.76. The lowest BCUT2D eigenvalue weighted by Crippen LogP contribution is -2.14. The number of aromatic nitrogens is 3. The molecule has 18 heavy (non-hydrogen) atoms. The van der Waals surface area contributed by atoms with Gasteiger partial charge in [-0.05, 0) is 12.1 Å². The molecule has 0 atom stereocenters. The summed E-state index contributed by atoms with van der Waals surface area (Å²) in [6, 6.07) is 7.62. The third kappa shape index (κ3) is 1.91. The van der Waals surface area contributed by atoms with E-state index < -0.39 is 0 Å². The topological polar surface area (TPSA) is 90.2 Å². The van der Waals surface area contributed by atoms with Crippen LogP contribution in [0.5, 0.6) is 0 Å². The third-order valence-corrected chi connectivity index (χ3v) is 2.32. The number of para-hydroxylation sites is 2. The van der Waals surface area contributed by atoms with Gasteiger partial charge in [-0.25, -0.2) is 4.98 Å². The molecule has 0 radical (unpaired) electrons. The molecule has 3 rings (SSSR count). The highest BCUT2D eigenvalue weighted by Crippen LogP contribution is 2.20. The molecule has 0 amide bonds. The van der Waals surface area contributed by atoms with Crippen LogP contribution in [0.2, 0.25) is 0 Å². The van der Waals surface area contributed by atoms with E-state index >= 15 is 0 Å². The van der Waals surface area contributed by atoms with Gasteiger partial charge in [-0.2, -0.15) is 9.98 Å². The molecule has 6 nitrogen and oxygen atoms in total. The Morgan fingerprint density at radius 3 is 2.89 bits per heavy atom. The Kier molecular flexibility index (Phi) is 2.45. The highest BCUT2D eigenvalue weighted by Gasteiger charge is 2.06. The SMILES string of the molecule is N/C(=N\c1nc2ccccc2o1)c1cnccn1. The van der Waals surface area contributed by atoms with Crippen molar-refractivity contribution in [2.24, 2.45) is 10.7 Å². The van der Waals surface area contributed by atoms with Crippen LogP contribution in [0.25, 0.3) is 11.1 Å². The summed E-state index contributed by atoms with van der Waals surface area (Å²) in [5.41, 5.74) is 7.69. The van der Waals surface area contributed by atoms with Crippen molar-refractivity contribution >= 4 is 22.9 Å². The molecule has 0 saturated carbocycles. The first-order valence-electron chi connectivity index (χ1n) is 5.29. The zero-order valence-electron chi connectivity index (χ0n) is 9.32.